The first kappa shape index (κ1) is 20.8. The summed E-state index contributed by atoms with van der Waals surface area (Å²) in [5.74, 6) is 0. The average molecular weight is 514 g/mol. The van der Waals surface area contributed by atoms with Gasteiger partial charge in [0.1, 0.15) is 0 Å². The van der Waals surface area contributed by atoms with Gasteiger partial charge < -0.3 is 19.8 Å². The van der Waals surface area contributed by atoms with Gasteiger partial charge in [0.05, 0.1) is 27.8 Å². The number of quaternary nitrogens is 1. The van der Waals surface area contributed by atoms with Crippen LogP contribution in [0.15, 0.2) is 121 Å². The van der Waals surface area contributed by atoms with Crippen LogP contribution in [0.1, 0.15) is 17.8 Å². The topological polar surface area (TPSA) is 38.5 Å². The first-order valence-electron chi connectivity index (χ1n) is 14.0. The normalized spacial score (nSPS) is 17.6. The van der Waals surface area contributed by atoms with Crippen molar-refractivity contribution in [2.75, 3.05) is 5.32 Å². The van der Waals surface area contributed by atoms with Gasteiger partial charge in [-0.25, -0.2) is 0 Å². The predicted octanol–water partition coefficient (Wildman–Crippen LogP) is 7.92. The quantitative estimate of drug-likeness (QED) is 0.215. The molecule has 188 valence electrons. The molecule has 0 bridgehead atoms. The zero-order valence-electron chi connectivity index (χ0n) is 21.7. The number of aromatic nitrogens is 2. The molecule has 0 radical (unpaired) electrons. The maximum absolute atomic E-state index is 3.90. The predicted molar refractivity (Wildman–Crippen MR) is 165 cm³/mol. The van der Waals surface area contributed by atoms with Gasteiger partial charge in [0.15, 0.2) is 17.9 Å². The van der Waals surface area contributed by atoms with Gasteiger partial charge in [-0.15, -0.1) is 0 Å². The van der Waals surface area contributed by atoms with Crippen LogP contribution in [0.25, 0.3) is 60.1 Å². The van der Waals surface area contributed by atoms with Gasteiger partial charge in [-0.05, 0) is 47.2 Å². The number of hydrogen-bond acceptors (Lipinski definition) is 1. The molecule has 0 amide bonds. The molecule has 0 aliphatic carbocycles. The number of nitrogens with zero attached hydrogens (tertiary/aromatic N) is 2. The van der Waals surface area contributed by atoms with Crippen LogP contribution in [0.4, 0.5) is 11.4 Å². The number of anilines is 1. The fourth-order valence-corrected chi connectivity index (χ4v) is 7.53. The SMILES string of the molecule is c1ccc2c(c1)NC1C([NH2+]2)c2cccc3c4cc5c(cc4n1c23)c1ccccc1n5-c1ccc2ccccc2c1. The zero-order valence-corrected chi connectivity index (χ0v) is 21.7. The Hall–Kier alpha value is -5.06. The molecule has 2 atom stereocenters. The second-order valence-corrected chi connectivity index (χ2v) is 11.3. The van der Waals surface area contributed by atoms with E-state index in [1.165, 1.54) is 77.0 Å². The van der Waals surface area contributed by atoms with E-state index in [-0.39, 0.29) is 6.17 Å². The Kier molecular flexibility index (Phi) is 3.81. The fourth-order valence-electron chi connectivity index (χ4n) is 7.53. The van der Waals surface area contributed by atoms with Gasteiger partial charge in [0.25, 0.3) is 0 Å². The Morgan fingerprint density at radius 3 is 2.33 bits per heavy atom. The van der Waals surface area contributed by atoms with Crippen LogP contribution in [0.3, 0.4) is 0 Å². The molecule has 2 unspecified atom stereocenters. The van der Waals surface area contributed by atoms with Gasteiger partial charge >= 0.3 is 0 Å². The van der Waals surface area contributed by atoms with Gasteiger partial charge in [-0.3, -0.25) is 0 Å². The van der Waals surface area contributed by atoms with Crippen LogP contribution < -0.4 is 10.6 Å². The highest BCUT2D eigenvalue weighted by Gasteiger charge is 2.42. The van der Waals surface area contributed by atoms with Gasteiger partial charge in [0.2, 0.25) is 0 Å². The minimum atomic E-state index is 0.165. The largest absolute Gasteiger partial charge is 0.355 e. The number of nitrogens with one attached hydrogen (secondary N) is 1. The van der Waals surface area contributed by atoms with Crippen LogP contribution >= 0.6 is 0 Å². The van der Waals surface area contributed by atoms with Gasteiger partial charge in [0, 0.05) is 38.9 Å². The Bertz CT molecular complexity index is 2360. The highest BCUT2D eigenvalue weighted by Crippen LogP contribution is 2.48. The number of benzene rings is 6. The monoisotopic (exact) mass is 513 g/mol. The summed E-state index contributed by atoms with van der Waals surface area (Å²) >= 11 is 0. The van der Waals surface area contributed by atoms with Crippen molar-refractivity contribution in [3.8, 4) is 5.69 Å². The number of rotatable bonds is 1. The minimum absolute atomic E-state index is 0.165. The lowest BCUT2D eigenvalue weighted by Gasteiger charge is -2.29. The summed E-state index contributed by atoms with van der Waals surface area (Å²) in [6.45, 7) is 0. The summed E-state index contributed by atoms with van der Waals surface area (Å²) in [5.41, 5.74) is 10.2. The third-order valence-electron chi connectivity index (χ3n) is 9.24. The molecule has 2 aliphatic heterocycles. The molecule has 4 heterocycles. The zero-order chi connectivity index (χ0) is 25.9. The van der Waals surface area contributed by atoms with E-state index in [9.17, 15) is 0 Å². The van der Waals surface area contributed by atoms with E-state index in [1.54, 1.807) is 0 Å². The lowest BCUT2D eigenvalue weighted by atomic mass is 10.00. The van der Waals surface area contributed by atoms with Crippen molar-refractivity contribution in [3.63, 3.8) is 0 Å². The van der Waals surface area contributed by atoms with Crippen molar-refractivity contribution in [3.05, 3.63) is 127 Å². The number of hydrogen-bond donors (Lipinski definition) is 2. The van der Waals surface area contributed by atoms with E-state index in [4.69, 9.17) is 0 Å². The van der Waals surface area contributed by atoms with Gasteiger partial charge in [-0.1, -0.05) is 78.9 Å². The van der Waals surface area contributed by atoms with E-state index in [1.807, 2.05) is 0 Å². The van der Waals surface area contributed by atoms with Crippen molar-refractivity contribution in [1.82, 2.24) is 9.13 Å². The highest BCUT2D eigenvalue weighted by molar-refractivity contribution is 6.19. The lowest BCUT2D eigenvalue weighted by Crippen LogP contribution is -2.82. The number of para-hydroxylation sites is 4. The molecule has 0 saturated heterocycles. The molecule has 40 heavy (non-hydrogen) atoms. The molecule has 2 aliphatic rings. The third-order valence-corrected chi connectivity index (χ3v) is 9.24. The van der Waals surface area contributed by atoms with E-state index in [0.717, 1.165) is 0 Å². The molecule has 8 aromatic rings. The Balaban J connectivity index is 1.30. The van der Waals surface area contributed by atoms with Gasteiger partial charge in [-0.2, -0.15) is 0 Å². The smallest absolute Gasteiger partial charge is 0.162 e. The molecular weight excluding hydrogens is 488 g/mol. The first-order chi connectivity index (χ1) is 19.8. The van der Waals surface area contributed by atoms with E-state index >= 15 is 0 Å². The lowest BCUT2D eigenvalue weighted by molar-refractivity contribution is -0.624. The van der Waals surface area contributed by atoms with E-state index in [0.29, 0.717) is 6.04 Å². The maximum Gasteiger partial charge on any atom is 0.162 e. The fraction of sp³-hybridized carbons (Fsp3) is 0.0556. The van der Waals surface area contributed by atoms with Crippen molar-refractivity contribution in [2.45, 2.75) is 12.2 Å². The van der Waals surface area contributed by atoms with Crippen molar-refractivity contribution < 1.29 is 5.32 Å². The van der Waals surface area contributed by atoms with Crippen LogP contribution in [0.5, 0.6) is 0 Å². The molecule has 4 heteroatoms. The summed E-state index contributed by atoms with van der Waals surface area (Å²) in [6.07, 6.45) is 0.165. The highest BCUT2D eigenvalue weighted by atomic mass is 15.3. The standard InChI is InChI=1S/C36H24N4/c1-2-9-22-18-23(17-16-21(22)8-1)39-31-15-6-3-10-24(31)27-19-33-28(20-32(27)39)25-11-7-12-26-34-36(40(33)35(25)26)38-30-14-5-4-13-29(30)37-34/h1-20,34,36-38H/p+1. The average Bonchev–Trinajstić information content (AvgIpc) is 3.63. The summed E-state index contributed by atoms with van der Waals surface area (Å²) in [7, 11) is 0. The number of fused-ring (bicyclic) bond motifs is 11. The second kappa shape index (κ2) is 7.32. The molecule has 0 spiro atoms. The maximum atomic E-state index is 3.90. The Labute approximate surface area is 230 Å². The van der Waals surface area contributed by atoms with Crippen LogP contribution in [-0.2, 0) is 0 Å². The van der Waals surface area contributed by atoms with Crippen LogP contribution in [0, 0.1) is 0 Å². The summed E-state index contributed by atoms with van der Waals surface area (Å²) in [6, 6.07) is 45.0. The third kappa shape index (κ3) is 2.54. The van der Waals surface area contributed by atoms with Crippen molar-refractivity contribution >= 4 is 65.8 Å². The molecule has 10 rings (SSSR count). The molecule has 0 saturated carbocycles. The molecular formula is C36H25N4+. The summed E-state index contributed by atoms with van der Waals surface area (Å²) in [5, 5.41) is 14.1. The number of nitrogens with two attached hydrogens (primary N) is 1. The molecule has 4 nitrogen and oxygen atoms in total. The molecule has 6 aromatic carbocycles. The Morgan fingerprint density at radius 2 is 1.35 bits per heavy atom. The Morgan fingerprint density at radius 1 is 0.575 bits per heavy atom. The van der Waals surface area contributed by atoms with Crippen LogP contribution in [0.2, 0.25) is 0 Å². The summed E-state index contributed by atoms with van der Waals surface area (Å²) in [4.78, 5) is 0. The van der Waals surface area contributed by atoms with E-state index in [2.05, 4.69) is 141 Å². The molecule has 2 aromatic heterocycles. The summed E-state index contributed by atoms with van der Waals surface area (Å²) < 4.78 is 5.01. The van der Waals surface area contributed by atoms with Crippen LogP contribution in [-0.4, -0.2) is 9.13 Å². The molecule has 3 N–H and O–H groups in total. The van der Waals surface area contributed by atoms with Crippen molar-refractivity contribution in [2.24, 2.45) is 0 Å². The van der Waals surface area contributed by atoms with E-state index < -0.39 is 0 Å². The first-order valence-corrected chi connectivity index (χ1v) is 14.0. The molecule has 0 fully saturated rings. The second-order valence-electron chi connectivity index (χ2n) is 11.3. The minimum Gasteiger partial charge on any atom is -0.355 e. The van der Waals surface area contributed by atoms with Crippen molar-refractivity contribution in [1.29, 1.82) is 0 Å².